The monoisotopic (exact) mass is 377 g/mol. The molecule has 6 heteroatoms. The number of hydrogen-bond acceptors (Lipinski definition) is 3. The molecule has 0 aliphatic rings. The molecule has 0 radical (unpaired) electrons. The molecular formula is C20H21ClFNO3. The van der Waals surface area contributed by atoms with Crippen LogP contribution in [-0.2, 0) is 14.3 Å². The van der Waals surface area contributed by atoms with Crippen LogP contribution in [0.1, 0.15) is 31.7 Å². The average molecular weight is 378 g/mol. The van der Waals surface area contributed by atoms with E-state index < -0.39 is 30.2 Å². The fourth-order valence-corrected chi connectivity index (χ4v) is 2.81. The highest BCUT2D eigenvalue weighted by Gasteiger charge is 2.27. The molecule has 0 aliphatic carbocycles. The Labute approximate surface area is 157 Å². The van der Waals surface area contributed by atoms with Gasteiger partial charge in [-0.05, 0) is 29.7 Å². The lowest BCUT2D eigenvalue weighted by atomic mass is 9.86. The molecule has 0 aliphatic heterocycles. The van der Waals surface area contributed by atoms with Crippen molar-refractivity contribution in [3.05, 3.63) is 64.9 Å². The Balaban J connectivity index is 1.99. The van der Waals surface area contributed by atoms with Gasteiger partial charge in [0.2, 0.25) is 0 Å². The Bertz CT molecular complexity index is 767. The van der Waals surface area contributed by atoms with Gasteiger partial charge in [0.05, 0.1) is 16.6 Å². The molecule has 2 atom stereocenters. The zero-order chi connectivity index (χ0) is 19.1. The second-order valence-corrected chi connectivity index (χ2v) is 6.46. The van der Waals surface area contributed by atoms with Gasteiger partial charge in [0, 0.05) is 0 Å². The number of hydrogen-bond donors (Lipinski definition) is 1. The molecule has 0 fully saturated rings. The summed E-state index contributed by atoms with van der Waals surface area (Å²) < 4.78 is 18.2. The lowest BCUT2D eigenvalue weighted by molar-refractivity contribution is -0.150. The highest BCUT2D eigenvalue weighted by molar-refractivity contribution is 6.33. The Kier molecular flexibility index (Phi) is 7.16. The summed E-state index contributed by atoms with van der Waals surface area (Å²) in [4.78, 5) is 24.5. The van der Waals surface area contributed by atoms with Crippen LogP contribution in [0.15, 0.2) is 48.5 Å². The van der Waals surface area contributed by atoms with E-state index in [-0.39, 0.29) is 16.6 Å². The van der Waals surface area contributed by atoms with Crippen molar-refractivity contribution in [2.45, 2.75) is 26.2 Å². The smallest absolute Gasteiger partial charge is 0.314 e. The molecule has 1 amide bonds. The van der Waals surface area contributed by atoms with Crippen LogP contribution in [0.25, 0.3) is 0 Å². The van der Waals surface area contributed by atoms with E-state index in [0.29, 0.717) is 0 Å². The van der Waals surface area contributed by atoms with Crippen LogP contribution >= 0.6 is 11.6 Å². The molecule has 26 heavy (non-hydrogen) atoms. The first-order valence-electron chi connectivity index (χ1n) is 8.38. The van der Waals surface area contributed by atoms with Crippen molar-refractivity contribution in [2.75, 3.05) is 11.9 Å². The van der Waals surface area contributed by atoms with E-state index in [1.54, 1.807) is 0 Å². The van der Waals surface area contributed by atoms with Gasteiger partial charge >= 0.3 is 5.97 Å². The lowest BCUT2D eigenvalue weighted by Crippen LogP contribution is -2.27. The van der Waals surface area contributed by atoms with Gasteiger partial charge in [0.25, 0.3) is 5.91 Å². The number of esters is 1. The van der Waals surface area contributed by atoms with Crippen molar-refractivity contribution in [3.63, 3.8) is 0 Å². The molecule has 0 bridgehead atoms. The number of ether oxygens (including phenoxy) is 1. The first-order chi connectivity index (χ1) is 12.4. The summed E-state index contributed by atoms with van der Waals surface area (Å²) >= 11 is 5.86. The summed E-state index contributed by atoms with van der Waals surface area (Å²) in [6.07, 6.45) is 0.798. The predicted molar refractivity (Wildman–Crippen MR) is 99.6 cm³/mol. The number of carbonyl (C=O) groups excluding carboxylic acids is 2. The first-order valence-corrected chi connectivity index (χ1v) is 8.76. The van der Waals surface area contributed by atoms with Gasteiger partial charge in [-0.2, -0.15) is 0 Å². The molecule has 2 rings (SSSR count). The molecule has 2 aromatic carbocycles. The first kappa shape index (κ1) is 19.9. The normalized spacial score (nSPS) is 12.9. The van der Waals surface area contributed by atoms with E-state index in [0.717, 1.165) is 18.1 Å². The van der Waals surface area contributed by atoms with E-state index in [9.17, 15) is 14.0 Å². The number of benzene rings is 2. The second-order valence-electron chi connectivity index (χ2n) is 6.05. The van der Waals surface area contributed by atoms with Crippen molar-refractivity contribution in [3.8, 4) is 0 Å². The number of anilines is 1. The van der Waals surface area contributed by atoms with Gasteiger partial charge in [-0.3, -0.25) is 9.59 Å². The van der Waals surface area contributed by atoms with Crippen LogP contribution in [-0.4, -0.2) is 18.5 Å². The third-order valence-corrected chi connectivity index (χ3v) is 4.49. The summed E-state index contributed by atoms with van der Waals surface area (Å²) in [7, 11) is 0. The predicted octanol–water partition coefficient (Wildman–Crippen LogP) is 4.79. The minimum absolute atomic E-state index is 0.0690. The zero-order valence-corrected chi connectivity index (χ0v) is 15.4. The molecule has 1 N–H and O–H groups in total. The van der Waals surface area contributed by atoms with Gasteiger partial charge in [-0.25, -0.2) is 4.39 Å². The summed E-state index contributed by atoms with van der Waals surface area (Å²) in [5, 5.41) is 2.58. The molecule has 138 valence electrons. The summed E-state index contributed by atoms with van der Waals surface area (Å²) in [5.41, 5.74) is 1.12. The quantitative estimate of drug-likeness (QED) is 0.706. The molecule has 0 saturated heterocycles. The van der Waals surface area contributed by atoms with Gasteiger partial charge in [0.1, 0.15) is 5.82 Å². The topological polar surface area (TPSA) is 55.4 Å². The van der Waals surface area contributed by atoms with Gasteiger partial charge < -0.3 is 10.1 Å². The molecule has 0 aromatic heterocycles. The molecule has 0 heterocycles. The van der Waals surface area contributed by atoms with Crippen LogP contribution in [0.5, 0.6) is 0 Å². The third-order valence-electron chi connectivity index (χ3n) is 4.18. The Morgan fingerprint density at radius 1 is 1.19 bits per heavy atom. The molecule has 0 unspecified atom stereocenters. The van der Waals surface area contributed by atoms with Gasteiger partial charge in [0.15, 0.2) is 6.61 Å². The van der Waals surface area contributed by atoms with E-state index >= 15 is 0 Å². The number of carbonyl (C=O) groups is 2. The largest absolute Gasteiger partial charge is 0.455 e. The average Bonchev–Trinajstić information content (AvgIpc) is 2.63. The van der Waals surface area contributed by atoms with Crippen molar-refractivity contribution in [2.24, 2.45) is 5.92 Å². The zero-order valence-electron chi connectivity index (χ0n) is 14.7. The van der Waals surface area contributed by atoms with E-state index in [1.165, 1.54) is 12.1 Å². The van der Waals surface area contributed by atoms with Crippen LogP contribution in [0, 0.1) is 11.7 Å². The fourth-order valence-electron chi connectivity index (χ4n) is 2.60. The highest BCUT2D eigenvalue weighted by atomic mass is 35.5. The second kappa shape index (κ2) is 9.34. The fraction of sp³-hybridized carbons (Fsp3) is 0.300. The Morgan fingerprint density at radius 3 is 2.50 bits per heavy atom. The SMILES string of the molecule is CC[C@H](C)[C@@H](C(=O)OCC(=O)Nc1ccc(F)cc1Cl)c1ccccc1. The lowest BCUT2D eigenvalue weighted by Gasteiger charge is -2.21. The number of nitrogens with one attached hydrogen (secondary N) is 1. The third kappa shape index (κ3) is 5.30. The highest BCUT2D eigenvalue weighted by Crippen LogP contribution is 2.28. The summed E-state index contributed by atoms with van der Waals surface area (Å²) in [6, 6.07) is 13.0. The number of rotatable bonds is 7. The Morgan fingerprint density at radius 2 is 1.88 bits per heavy atom. The maximum atomic E-state index is 13.0. The molecule has 0 saturated carbocycles. The Hall–Kier alpha value is -2.40. The van der Waals surface area contributed by atoms with E-state index in [4.69, 9.17) is 16.3 Å². The van der Waals surface area contributed by atoms with Crippen LogP contribution < -0.4 is 5.32 Å². The van der Waals surface area contributed by atoms with Crippen LogP contribution in [0.3, 0.4) is 0 Å². The van der Waals surface area contributed by atoms with Crippen molar-refractivity contribution in [1.82, 2.24) is 0 Å². The number of amides is 1. The van der Waals surface area contributed by atoms with Crippen LogP contribution in [0.2, 0.25) is 5.02 Å². The summed E-state index contributed by atoms with van der Waals surface area (Å²) in [5.74, 6) is -1.87. The van der Waals surface area contributed by atoms with E-state index in [2.05, 4.69) is 5.32 Å². The van der Waals surface area contributed by atoms with E-state index in [1.807, 2.05) is 44.2 Å². The van der Waals surface area contributed by atoms with Crippen LogP contribution in [0.4, 0.5) is 10.1 Å². The van der Waals surface area contributed by atoms with Crippen molar-refractivity contribution in [1.29, 1.82) is 0 Å². The van der Waals surface area contributed by atoms with Gasteiger partial charge in [-0.1, -0.05) is 62.2 Å². The maximum Gasteiger partial charge on any atom is 0.314 e. The molecule has 2 aromatic rings. The minimum Gasteiger partial charge on any atom is -0.455 e. The van der Waals surface area contributed by atoms with Gasteiger partial charge in [-0.15, -0.1) is 0 Å². The number of halogens is 2. The standard InChI is InChI=1S/C20H21ClFNO3/c1-3-13(2)19(14-7-5-4-6-8-14)20(25)26-12-18(24)23-17-10-9-15(22)11-16(17)21/h4-11,13,19H,3,12H2,1-2H3,(H,23,24)/t13-,19+/m0/s1. The van der Waals surface area contributed by atoms with Crippen molar-refractivity contribution >= 4 is 29.2 Å². The molecular weight excluding hydrogens is 357 g/mol. The molecule has 4 nitrogen and oxygen atoms in total. The summed E-state index contributed by atoms with van der Waals surface area (Å²) in [6.45, 7) is 3.53. The van der Waals surface area contributed by atoms with Crippen molar-refractivity contribution < 1.29 is 18.7 Å². The maximum absolute atomic E-state index is 13.0. The molecule has 0 spiro atoms. The minimum atomic E-state index is -0.539.